The minimum absolute atomic E-state index is 0.0184. The lowest BCUT2D eigenvalue weighted by molar-refractivity contribution is -0.157. The van der Waals surface area contributed by atoms with Gasteiger partial charge in [-0.25, -0.2) is 0 Å². The molecule has 1 atom stereocenters. The molecule has 0 saturated carbocycles. The van der Waals surface area contributed by atoms with Gasteiger partial charge in [0, 0.05) is 21.5 Å². The summed E-state index contributed by atoms with van der Waals surface area (Å²) in [6.07, 6.45) is 0. The largest absolute Gasteiger partial charge is 0.489 e. The Bertz CT molecular complexity index is 1330. The molecule has 0 saturated heterocycles. The van der Waals surface area contributed by atoms with Gasteiger partial charge in [0.05, 0.1) is 5.41 Å². The van der Waals surface area contributed by atoms with Gasteiger partial charge >= 0.3 is 5.97 Å². The number of hydrogen-bond acceptors (Lipinski definition) is 6. The van der Waals surface area contributed by atoms with Crippen LogP contribution in [0.3, 0.4) is 0 Å². The molecule has 0 radical (unpaired) electrons. The fourth-order valence-electron chi connectivity index (χ4n) is 3.71. The Kier molecular flexibility index (Phi) is 7.84. The van der Waals surface area contributed by atoms with Crippen LogP contribution in [0, 0.1) is 5.41 Å². The summed E-state index contributed by atoms with van der Waals surface area (Å²) >= 11 is 3.61. The summed E-state index contributed by atoms with van der Waals surface area (Å²) < 4.78 is 12.5. The molecule has 3 aromatic carbocycles. The van der Waals surface area contributed by atoms with E-state index >= 15 is 0 Å². The Morgan fingerprint density at radius 1 is 1.00 bits per heavy atom. The van der Waals surface area contributed by atoms with Crippen molar-refractivity contribution in [2.45, 2.75) is 47.0 Å². The molecule has 0 spiro atoms. The number of hydrogen-bond donors (Lipinski definition) is 0. The molecule has 0 aliphatic carbocycles. The standard InChI is InChI=1S/C28H29BrN4O3/c1-19(24-16-21(29)14-15-25(24)35-17-20-10-6-5-7-11-20)22-12-8-9-13-23(22)26-30-32-33(31-26)18-36-27(34)28(2,3)4/h5-16,19H,17-18H2,1-4H3. The van der Waals surface area contributed by atoms with Crippen LogP contribution in [0.25, 0.3) is 11.4 Å². The van der Waals surface area contributed by atoms with Gasteiger partial charge in [0.1, 0.15) is 12.4 Å². The molecule has 0 bridgehead atoms. The summed E-state index contributed by atoms with van der Waals surface area (Å²) in [7, 11) is 0. The molecule has 0 N–H and O–H groups in total. The van der Waals surface area contributed by atoms with Crippen molar-refractivity contribution in [3.8, 4) is 17.1 Å². The van der Waals surface area contributed by atoms with Crippen LogP contribution in [0.5, 0.6) is 5.75 Å². The second-order valence-corrected chi connectivity index (χ2v) is 10.5. The highest BCUT2D eigenvalue weighted by Crippen LogP contribution is 2.37. The molecule has 1 unspecified atom stereocenters. The molecule has 0 aliphatic heterocycles. The molecule has 0 fully saturated rings. The lowest BCUT2D eigenvalue weighted by Crippen LogP contribution is -2.24. The lowest BCUT2D eigenvalue weighted by Gasteiger charge is -2.20. The number of carbonyl (C=O) groups excluding carboxylic acids is 1. The minimum atomic E-state index is -0.601. The molecule has 8 heteroatoms. The van der Waals surface area contributed by atoms with Gasteiger partial charge in [0.25, 0.3) is 0 Å². The van der Waals surface area contributed by atoms with Crippen LogP contribution < -0.4 is 4.74 Å². The van der Waals surface area contributed by atoms with Crippen molar-refractivity contribution in [2.75, 3.05) is 0 Å². The van der Waals surface area contributed by atoms with Gasteiger partial charge in [-0.1, -0.05) is 77.5 Å². The number of nitrogens with zero attached hydrogens (tertiary/aromatic N) is 4. The number of tetrazole rings is 1. The normalized spacial score (nSPS) is 12.2. The molecule has 1 aromatic heterocycles. The van der Waals surface area contributed by atoms with Gasteiger partial charge in [-0.2, -0.15) is 0 Å². The van der Waals surface area contributed by atoms with E-state index < -0.39 is 5.41 Å². The van der Waals surface area contributed by atoms with E-state index in [2.05, 4.69) is 50.4 Å². The second kappa shape index (κ2) is 11.0. The average Bonchev–Trinajstić information content (AvgIpc) is 3.35. The van der Waals surface area contributed by atoms with E-state index in [4.69, 9.17) is 9.47 Å². The third-order valence-corrected chi connectivity index (χ3v) is 6.21. The first-order valence-corrected chi connectivity index (χ1v) is 12.5. The smallest absolute Gasteiger partial charge is 0.313 e. The first kappa shape index (κ1) is 25.6. The van der Waals surface area contributed by atoms with Gasteiger partial charge in [-0.05, 0) is 55.3 Å². The van der Waals surface area contributed by atoms with Crippen molar-refractivity contribution in [1.29, 1.82) is 0 Å². The van der Waals surface area contributed by atoms with Gasteiger partial charge in [0.15, 0.2) is 0 Å². The van der Waals surface area contributed by atoms with Crippen LogP contribution >= 0.6 is 15.9 Å². The Labute approximate surface area is 219 Å². The first-order valence-electron chi connectivity index (χ1n) is 11.7. The van der Waals surface area contributed by atoms with E-state index in [1.165, 1.54) is 4.80 Å². The maximum Gasteiger partial charge on any atom is 0.313 e. The van der Waals surface area contributed by atoms with Crippen molar-refractivity contribution in [1.82, 2.24) is 20.2 Å². The van der Waals surface area contributed by atoms with Crippen LogP contribution in [0.2, 0.25) is 0 Å². The number of benzene rings is 3. The number of aromatic nitrogens is 4. The fourth-order valence-corrected chi connectivity index (χ4v) is 4.09. The van der Waals surface area contributed by atoms with E-state index in [9.17, 15) is 4.79 Å². The number of halogens is 1. The predicted octanol–water partition coefficient (Wildman–Crippen LogP) is 6.38. The van der Waals surface area contributed by atoms with Crippen molar-refractivity contribution in [3.05, 3.63) is 94.0 Å². The molecule has 4 rings (SSSR count). The van der Waals surface area contributed by atoms with E-state index in [0.29, 0.717) is 12.4 Å². The second-order valence-electron chi connectivity index (χ2n) is 9.56. The summed E-state index contributed by atoms with van der Waals surface area (Å²) in [5, 5.41) is 12.8. The maximum atomic E-state index is 12.1. The van der Waals surface area contributed by atoms with E-state index in [-0.39, 0.29) is 18.6 Å². The predicted molar refractivity (Wildman–Crippen MR) is 141 cm³/mol. The zero-order valence-electron chi connectivity index (χ0n) is 20.8. The van der Waals surface area contributed by atoms with Crippen LogP contribution in [0.4, 0.5) is 0 Å². The lowest BCUT2D eigenvalue weighted by atomic mass is 9.89. The van der Waals surface area contributed by atoms with Crippen molar-refractivity contribution >= 4 is 21.9 Å². The van der Waals surface area contributed by atoms with Gasteiger partial charge < -0.3 is 9.47 Å². The Hall–Kier alpha value is -3.52. The van der Waals surface area contributed by atoms with E-state index in [1.807, 2.05) is 60.7 Å². The molecular formula is C28H29BrN4O3. The summed E-state index contributed by atoms with van der Waals surface area (Å²) in [5.41, 5.74) is 3.43. The Morgan fingerprint density at radius 3 is 2.47 bits per heavy atom. The van der Waals surface area contributed by atoms with Crippen molar-refractivity contribution in [2.24, 2.45) is 5.41 Å². The topological polar surface area (TPSA) is 79.1 Å². The number of esters is 1. The molecule has 186 valence electrons. The van der Waals surface area contributed by atoms with Gasteiger partial charge in [-0.3, -0.25) is 4.79 Å². The number of ether oxygens (including phenoxy) is 2. The average molecular weight is 549 g/mol. The number of rotatable bonds is 8. The minimum Gasteiger partial charge on any atom is -0.489 e. The molecule has 0 amide bonds. The molecule has 1 heterocycles. The highest BCUT2D eigenvalue weighted by Gasteiger charge is 2.24. The molecular weight excluding hydrogens is 520 g/mol. The molecule has 4 aromatic rings. The highest BCUT2D eigenvalue weighted by molar-refractivity contribution is 9.10. The Balaban J connectivity index is 1.58. The third kappa shape index (κ3) is 6.18. The maximum absolute atomic E-state index is 12.1. The SMILES string of the molecule is CC(c1cc(Br)ccc1OCc1ccccc1)c1ccccc1-c1nnn(COC(=O)C(C)(C)C)n1. The zero-order chi connectivity index (χ0) is 25.7. The quantitative estimate of drug-likeness (QED) is 0.237. The van der Waals surface area contributed by atoms with Gasteiger partial charge in [0.2, 0.25) is 12.6 Å². The van der Waals surface area contributed by atoms with E-state index in [0.717, 1.165) is 32.5 Å². The molecule has 7 nitrogen and oxygen atoms in total. The summed E-state index contributed by atoms with van der Waals surface area (Å²) in [5.74, 6) is 0.935. The van der Waals surface area contributed by atoms with Crippen LogP contribution in [0.15, 0.2) is 77.3 Å². The zero-order valence-corrected chi connectivity index (χ0v) is 22.4. The fraction of sp³-hybridized carbons (Fsp3) is 0.286. The first-order chi connectivity index (χ1) is 17.2. The highest BCUT2D eigenvalue weighted by atomic mass is 79.9. The monoisotopic (exact) mass is 548 g/mol. The van der Waals surface area contributed by atoms with Crippen molar-refractivity contribution in [3.63, 3.8) is 0 Å². The van der Waals surface area contributed by atoms with Crippen LogP contribution in [-0.2, 0) is 22.9 Å². The summed E-state index contributed by atoms with van der Waals surface area (Å²) in [4.78, 5) is 13.4. The number of carbonyl (C=O) groups is 1. The van der Waals surface area contributed by atoms with Gasteiger partial charge in [-0.15, -0.1) is 15.0 Å². The summed E-state index contributed by atoms with van der Waals surface area (Å²) in [6, 6.07) is 24.1. The van der Waals surface area contributed by atoms with E-state index in [1.54, 1.807) is 20.8 Å². The third-order valence-electron chi connectivity index (χ3n) is 5.72. The Morgan fingerprint density at radius 2 is 1.72 bits per heavy atom. The van der Waals surface area contributed by atoms with Crippen molar-refractivity contribution < 1.29 is 14.3 Å². The molecule has 0 aliphatic rings. The van der Waals surface area contributed by atoms with Crippen LogP contribution in [-0.4, -0.2) is 26.2 Å². The van der Waals surface area contributed by atoms with Crippen LogP contribution in [0.1, 0.15) is 50.3 Å². The molecule has 36 heavy (non-hydrogen) atoms. The summed E-state index contributed by atoms with van der Waals surface area (Å²) in [6.45, 7) is 7.91.